The predicted octanol–water partition coefficient (Wildman–Crippen LogP) is -0.375. The van der Waals surface area contributed by atoms with Gasteiger partial charge in [-0.3, -0.25) is 0 Å². The van der Waals surface area contributed by atoms with E-state index >= 15 is 0 Å². The van der Waals surface area contributed by atoms with Crippen LogP contribution in [0.15, 0.2) is 12.2 Å². The summed E-state index contributed by atoms with van der Waals surface area (Å²) in [7, 11) is -8.66. The van der Waals surface area contributed by atoms with Crippen LogP contribution >= 0.6 is 0 Å². The van der Waals surface area contributed by atoms with Crippen LogP contribution in [-0.4, -0.2) is 90.7 Å². The van der Waals surface area contributed by atoms with E-state index in [0.717, 1.165) is 0 Å². The standard InChI is InChI=1S/C16H48O5Si9/c1-13(2)15(17)18-16(26-29(9,10)20-23-5,27-30(11,12)21-24-6)14(3)25-28(7,8)19-22-4/h14H,1,22-27H2,2-12H3. The monoisotopic (exact) mass is 572 g/mol. The number of carbonyl (C=O) groups is 1. The van der Waals surface area contributed by atoms with Gasteiger partial charge in [0.1, 0.15) is 29.3 Å². The summed E-state index contributed by atoms with van der Waals surface area (Å²) in [5, 5.41) is 0. The minimum absolute atomic E-state index is 0.196. The number of esters is 1. The van der Waals surface area contributed by atoms with E-state index < -0.39 is 79.9 Å². The molecule has 0 saturated heterocycles. The molecule has 178 valence electrons. The van der Waals surface area contributed by atoms with Crippen LogP contribution in [0.4, 0.5) is 0 Å². The maximum atomic E-state index is 12.9. The summed E-state index contributed by atoms with van der Waals surface area (Å²) in [5.41, 5.74) is 0.963. The Hall–Kier alpha value is 1.04. The molecular formula is C16H48O5Si9. The van der Waals surface area contributed by atoms with Crippen molar-refractivity contribution in [1.29, 1.82) is 0 Å². The van der Waals surface area contributed by atoms with E-state index in [2.05, 4.69) is 72.4 Å². The molecular weight excluding hydrogens is 525 g/mol. The third kappa shape index (κ3) is 11.3. The second kappa shape index (κ2) is 13.1. The van der Waals surface area contributed by atoms with Crippen molar-refractivity contribution < 1.29 is 21.9 Å². The normalized spacial score (nSPS) is 18.5. The molecule has 0 N–H and O–H groups in total. The van der Waals surface area contributed by atoms with E-state index in [1.54, 1.807) is 6.92 Å². The van der Waals surface area contributed by atoms with Gasteiger partial charge in [0.25, 0.3) is 0 Å². The van der Waals surface area contributed by atoms with E-state index in [1.165, 1.54) is 0 Å². The molecule has 0 aliphatic carbocycles. The Balaban J connectivity index is 6.36. The van der Waals surface area contributed by atoms with Crippen LogP contribution in [0.3, 0.4) is 0 Å². The number of hydrogen-bond donors (Lipinski definition) is 0. The van der Waals surface area contributed by atoms with Crippen LogP contribution < -0.4 is 0 Å². The summed E-state index contributed by atoms with van der Waals surface area (Å²) >= 11 is 0. The summed E-state index contributed by atoms with van der Waals surface area (Å²) in [5.74, 6) is -0.196. The highest BCUT2D eigenvalue weighted by Crippen LogP contribution is 2.33. The topological polar surface area (TPSA) is 54.0 Å². The van der Waals surface area contributed by atoms with Crippen molar-refractivity contribution in [1.82, 2.24) is 0 Å². The molecule has 14 heteroatoms. The molecule has 0 radical (unpaired) electrons. The first-order valence-corrected chi connectivity index (χ1v) is 35.3. The number of rotatable bonds is 15. The van der Waals surface area contributed by atoms with Crippen LogP contribution in [0.25, 0.3) is 0 Å². The number of carbonyl (C=O) groups excluding carboxylic acids is 1. The second-order valence-corrected chi connectivity index (χ2v) is 50.4. The molecule has 0 rings (SSSR count). The Morgan fingerprint density at radius 3 is 1.53 bits per heavy atom. The van der Waals surface area contributed by atoms with Crippen LogP contribution in [-0.2, 0) is 21.9 Å². The van der Waals surface area contributed by atoms with Crippen LogP contribution in [0.1, 0.15) is 13.8 Å². The Morgan fingerprint density at radius 2 is 1.20 bits per heavy atom. The molecule has 1 unspecified atom stereocenters. The average Bonchev–Trinajstić information content (AvgIpc) is 2.52. The SMILES string of the molecule is C=C(C)C(=O)OC([SiH2][Si](C)(C)O[SiH2]C)([SiH2][Si](C)(C)O[SiH2]C)C(C)[SiH2][Si](C)(C)O[SiH2]C. The molecule has 0 aromatic heterocycles. The lowest BCUT2D eigenvalue weighted by Gasteiger charge is -2.47. The lowest BCUT2D eigenvalue weighted by Crippen LogP contribution is -2.67. The summed E-state index contributed by atoms with van der Waals surface area (Å²) < 4.78 is 25.9. The predicted molar refractivity (Wildman–Crippen MR) is 158 cm³/mol. The third-order valence-electron chi connectivity index (χ3n) is 5.40. The zero-order valence-corrected chi connectivity index (χ0v) is 33.1. The maximum absolute atomic E-state index is 12.9. The van der Waals surface area contributed by atoms with E-state index in [0.29, 0.717) is 11.1 Å². The largest absolute Gasteiger partial charge is 0.465 e. The van der Waals surface area contributed by atoms with Gasteiger partial charge in [0, 0.05) is 5.57 Å². The molecule has 0 aromatic rings. The Labute approximate surface area is 202 Å². The smallest absolute Gasteiger partial charge is 0.332 e. The highest BCUT2D eigenvalue weighted by molar-refractivity contribution is 7.32. The molecule has 0 fully saturated rings. The zero-order valence-electron chi connectivity index (χ0n) is 21.6. The number of hydrogen-bond acceptors (Lipinski definition) is 5. The highest BCUT2D eigenvalue weighted by atomic mass is 29.2. The molecule has 0 amide bonds. The molecule has 0 heterocycles. The van der Waals surface area contributed by atoms with Crippen molar-refractivity contribution in [3.8, 4) is 0 Å². The van der Waals surface area contributed by atoms with Gasteiger partial charge in [-0.2, -0.15) is 0 Å². The third-order valence-corrected chi connectivity index (χ3v) is 49.8. The summed E-state index contributed by atoms with van der Waals surface area (Å²) in [6.07, 6.45) is 0. The van der Waals surface area contributed by atoms with Crippen LogP contribution in [0.2, 0.25) is 64.5 Å². The van der Waals surface area contributed by atoms with Gasteiger partial charge in [-0.05, 0) is 51.7 Å². The van der Waals surface area contributed by atoms with Gasteiger partial charge < -0.3 is 17.1 Å². The molecule has 0 spiro atoms. The van der Waals surface area contributed by atoms with Gasteiger partial charge in [0.2, 0.25) is 0 Å². The van der Waals surface area contributed by atoms with Gasteiger partial charge in [-0.1, -0.05) is 33.1 Å². The molecule has 0 saturated carbocycles. The van der Waals surface area contributed by atoms with Crippen molar-refractivity contribution in [2.45, 2.75) is 83.2 Å². The average molecular weight is 573 g/mol. The van der Waals surface area contributed by atoms with Crippen molar-refractivity contribution in [3.05, 3.63) is 12.2 Å². The Morgan fingerprint density at radius 1 is 0.833 bits per heavy atom. The molecule has 0 aromatic carbocycles. The van der Waals surface area contributed by atoms with Crippen LogP contribution in [0.5, 0.6) is 0 Å². The fourth-order valence-electron chi connectivity index (χ4n) is 4.55. The van der Waals surface area contributed by atoms with Gasteiger partial charge in [0.05, 0.1) is 32.0 Å². The number of ether oxygens (including phenoxy) is 1. The summed E-state index contributed by atoms with van der Waals surface area (Å²) in [4.78, 5) is 12.7. The van der Waals surface area contributed by atoms with Gasteiger partial charge in [0.15, 0.2) is 23.5 Å². The summed E-state index contributed by atoms with van der Waals surface area (Å²) in [6.45, 7) is 29.0. The van der Waals surface area contributed by atoms with Crippen molar-refractivity contribution >= 4 is 85.9 Å². The van der Waals surface area contributed by atoms with E-state index in [-0.39, 0.29) is 10.8 Å². The molecule has 0 aliphatic rings. The minimum atomic E-state index is -1.81. The van der Waals surface area contributed by atoms with Crippen molar-refractivity contribution in [2.24, 2.45) is 0 Å². The van der Waals surface area contributed by atoms with Crippen molar-refractivity contribution in [3.63, 3.8) is 0 Å². The Kier molecular flexibility index (Phi) is 13.5. The first-order chi connectivity index (χ1) is 13.6. The van der Waals surface area contributed by atoms with Gasteiger partial charge >= 0.3 is 5.97 Å². The van der Waals surface area contributed by atoms with Crippen LogP contribution in [0, 0.1) is 0 Å². The maximum Gasteiger partial charge on any atom is 0.332 e. The Bertz CT molecular complexity index is 551. The lowest BCUT2D eigenvalue weighted by molar-refractivity contribution is -0.143. The van der Waals surface area contributed by atoms with E-state index in [4.69, 9.17) is 17.1 Å². The van der Waals surface area contributed by atoms with E-state index in [1.807, 2.05) is 0 Å². The molecule has 30 heavy (non-hydrogen) atoms. The first-order valence-electron chi connectivity index (χ1n) is 11.4. The zero-order chi connectivity index (χ0) is 23.8. The fraction of sp³-hybridized carbons (Fsp3) is 0.812. The highest BCUT2D eigenvalue weighted by Gasteiger charge is 2.51. The molecule has 5 nitrogen and oxygen atoms in total. The van der Waals surface area contributed by atoms with Gasteiger partial charge in [-0.15, -0.1) is 0 Å². The molecule has 0 aliphatic heterocycles. The van der Waals surface area contributed by atoms with E-state index in [9.17, 15) is 4.79 Å². The van der Waals surface area contributed by atoms with Gasteiger partial charge in [-0.25, -0.2) is 4.79 Å². The quantitative estimate of drug-likeness (QED) is 0.152. The molecule has 1 atom stereocenters. The minimum Gasteiger partial charge on any atom is -0.465 e. The van der Waals surface area contributed by atoms with Crippen molar-refractivity contribution in [2.75, 3.05) is 0 Å². The summed E-state index contributed by atoms with van der Waals surface area (Å²) in [6, 6.07) is 0. The molecule has 0 bridgehead atoms. The first kappa shape index (κ1) is 31.0. The lowest BCUT2D eigenvalue weighted by atomic mass is 10.3. The second-order valence-electron chi connectivity index (χ2n) is 10.3. The fourth-order valence-corrected chi connectivity index (χ4v) is 67.3.